The summed E-state index contributed by atoms with van der Waals surface area (Å²) in [6, 6.07) is 6.18. The number of nitrogens with one attached hydrogen (secondary N) is 1. The highest BCUT2D eigenvalue weighted by Gasteiger charge is 2.06. The number of benzene rings is 1. The second-order valence-electron chi connectivity index (χ2n) is 3.23. The van der Waals surface area contributed by atoms with Crippen LogP contribution in [0, 0.1) is 0 Å². The molecular weight excluding hydrogens is 418 g/mol. The van der Waals surface area contributed by atoms with Crippen LogP contribution in [0.2, 0.25) is 0 Å². The molecule has 1 nitrogen and oxygen atoms in total. The molecule has 0 aliphatic carbocycles. The predicted molar refractivity (Wildman–Crippen MR) is 81.2 cm³/mol. The fourth-order valence-electron chi connectivity index (χ4n) is 1.29. The molecule has 1 N–H and O–H groups in total. The van der Waals surface area contributed by atoms with Gasteiger partial charge in [-0.2, -0.15) is 11.3 Å². The van der Waals surface area contributed by atoms with E-state index in [4.69, 9.17) is 0 Å². The Bertz CT molecular complexity index is 459. The summed E-state index contributed by atoms with van der Waals surface area (Å²) in [4.78, 5) is 0. The van der Waals surface area contributed by atoms with E-state index in [1.165, 1.54) is 5.56 Å². The number of hydrogen-bond acceptors (Lipinski definition) is 2. The van der Waals surface area contributed by atoms with Gasteiger partial charge in [-0.3, -0.25) is 0 Å². The molecule has 1 aromatic heterocycles. The van der Waals surface area contributed by atoms with Crippen molar-refractivity contribution in [3.63, 3.8) is 0 Å². The summed E-state index contributed by atoms with van der Waals surface area (Å²) in [5, 5.41) is 7.64. The minimum absolute atomic E-state index is 0.836. The van der Waals surface area contributed by atoms with Gasteiger partial charge in [-0.15, -0.1) is 0 Å². The van der Waals surface area contributed by atoms with Crippen LogP contribution in [0.5, 0.6) is 0 Å². The van der Waals surface area contributed by atoms with Crippen molar-refractivity contribution in [1.82, 2.24) is 0 Å². The largest absolute Gasteiger partial charge is 0.379 e. The highest BCUT2D eigenvalue weighted by atomic mass is 79.9. The quantitative estimate of drug-likeness (QED) is 0.670. The van der Waals surface area contributed by atoms with Crippen LogP contribution in [0.15, 0.2) is 42.4 Å². The zero-order valence-corrected chi connectivity index (χ0v) is 13.7. The van der Waals surface area contributed by atoms with E-state index >= 15 is 0 Å². The van der Waals surface area contributed by atoms with Gasteiger partial charge in [0.25, 0.3) is 0 Å². The van der Waals surface area contributed by atoms with Crippen molar-refractivity contribution in [2.75, 3.05) is 5.32 Å². The van der Waals surface area contributed by atoms with Crippen LogP contribution < -0.4 is 5.32 Å². The van der Waals surface area contributed by atoms with Crippen molar-refractivity contribution < 1.29 is 0 Å². The Morgan fingerprint density at radius 3 is 2.38 bits per heavy atom. The SMILES string of the molecule is Brc1cc(Br)c(NCc2ccsc2)c(Br)c1. The van der Waals surface area contributed by atoms with E-state index in [-0.39, 0.29) is 0 Å². The average Bonchev–Trinajstić information content (AvgIpc) is 2.68. The normalized spacial score (nSPS) is 10.4. The molecule has 0 aliphatic heterocycles. The Kier molecular flexibility index (Phi) is 4.47. The van der Waals surface area contributed by atoms with Crippen molar-refractivity contribution in [2.45, 2.75) is 6.54 Å². The molecule has 0 saturated carbocycles. The molecular formula is C11H8Br3NS. The molecule has 0 unspecified atom stereocenters. The van der Waals surface area contributed by atoms with Crippen molar-refractivity contribution in [2.24, 2.45) is 0 Å². The number of hydrogen-bond donors (Lipinski definition) is 1. The van der Waals surface area contributed by atoms with Crippen LogP contribution in [0.3, 0.4) is 0 Å². The van der Waals surface area contributed by atoms with E-state index in [2.05, 4.69) is 69.9 Å². The summed E-state index contributed by atoms with van der Waals surface area (Å²) in [5.74, 6) is 0. The van der Waals surface area contributed by atoms with Crippen molar-refractivity contribution in [3.05, 3.63) is 47.9 Å². The first-order chi connectivity index (χ1) is 7.66. The molecule has 0 radical (unpaired) electrons. The smallest absolute Gasteiger partial charge is 0.0632 e. The maximum Gasteiger partial charge on any atom is 0.0632 e. The lowest BCUT2D eigenvalue weighted by Crippen LogP contribution is -1.99. The third-order valence-electron chi connectivity index (χ3n) is 2.06. The van der Waals surface area contributed by atoms with E-state index in [1.807, 2.05) is 12.1 Å². The Morgan fingerprint density at radius 1 is 1.12 bits per heavy atom. The molecule has 2 aromatic rings. The number of thiophene rings is 1. The third kappa shape index (κ3) is 3.09. The minimum Gasteiger partial charge on any atom is -0.379 e. The third-order valence-corrected chi connectivity index (χ3v) is 4.50. The maximum atomic E-state index is 3.54. The Hall–Kier alpha value is 0.160. The van der Waals surface area contributed by atoms with Crippen LogP contribution in [-0.2, 0) is 6.54 Å². The molecule has 0 spiro atoms. The summed E-state index contributed by atoms with van der Waals surface area (Å²) >= 11 is 12.3. The van der Waals surface area contributed by atoms with E-state index < -0.39 is 0 Å². The Labute approximate surface area is 124 Å². The van der Waals surface area contributed by atoms with Crippen LogP contribution >= 0.6 is 59.1 Å². The van der Waals surface area contributed by atoms with E-state index in [0.29, 0.717) is 0 Å². The zero-order chi connectivity index (χ0) is 11.5. The standard InChI is InChI=1S/C11H8Br3NS/c12-8-3-9(13)11(10(14)4-8)15-5-7-1-2-16-6-7/h1-4,6,15H,5H2. The first kappa shape index (κ1) is 12.6. The van der Waals surface area contributed by atoms with Gasteiger partial charge in [0.1, 0.15) is 0 Å². The average molecular weight is 426 g/mol. The Balaban J connectivity index is 2.15. The van der Waals surface area contributed by atoms with Gasteiger partial charge in [0.2, 0.25) is 0 Å². The first-order valence-electron chi connectivity index (χ1n) is 4.56. The molecule has 5 heteroatoms. The highest BCUT2D eigenvalue weighted by molar-refractivity contribution is 9.11. The van der Waals surface area contributed by atoms with Crippen LogP contribution in [0.4, 0.5) is 5.69 Å². The molecule has 16 heavy (non-hydrogen) atoms. The molecule has 84 valence electrons. The van der Waals surface area contributed by atoms with E-state index in [9.17, 15) is 0 Å². The molecule has 0 amide bonds. The zero-order valence-electron chi connectivity index (χ0n) is 8.14. The first-order valence-corrected chi connectivity index (χ1v) is 7.88. The summed E-state index contributed by atoms with van der Waals surface area (Å²) in [7, 11) is 0. The topological polar surface area (TPSA) is 12.0 Å². The molecule has 0 saturated heterocycles. The van der Waals surface area contributed by atoms with Crippen LogP contribution in [-0.4, -0.2) is 0 Å². The fourth-order valence-corrected chi connectivity index (χ4v) is 4.50. The van der Waals surface area contributed by atoms with Gasteiger partial charge >= 0.3 is 0 Å². The Morgan fingerprint density at radius 2 is 1.81 bits per heavy atom. The summed E-state index contributed by atoms with van der Waals surface area (Å²) in [6.45, 7) is 0.836. The molecule has 0 atom stereocenters. The van der Waals surface area contributed by atoms with E-state index in [0.717, 1.165) is 25.7 Å². The summed E-state index contributed by atoms with van der Waals surface area (Å²) < 4.78 is 3.14. The van der Waals surface area contributed by atoms with Gasteiger partial charge in [-0.1, -0.05) is 15.9 Å². The fraction of sp³-hybridized carbons (Fsp3) is 0.0909. The molecule has 0 aliphatic rings. The molecule has 1 aromatic carbocycles. The summed E-state index contributed by atoms with van der Waals surface area (Å²) in [5.41, 5.74) is 2.38. The molecule has 0 fully saturated rings. The predicted octanol–water partition coefficient (Wildman–Crippen LogP) is 5.65. The lowest BCUT2D eigenvalue weighted by atomic mass is 10.3. The van der Waals surface area contributed by atoms with Gasteiger partial charge in [0, 0.05) is 20.0 Å². The number of rotatable bonds is 3. The maximum absolute atomic E-state index is 3.54. The molecule has 2 rings (SSSR count). The van der Waals surface area contributed by atoms with Gasteiger partial charge in [0.15, 0.2) is 0 Å². The van der Waals surface area contributed by atoms with Crippen LogP contribution in [0.25, 0.3) is 0 Å². The lowest BCUT2D eigenvalue weighted by Gasteiger charge is -2.10. The van der Waals surface area contributed by atoms with E-state index in [1.54, 1.807) is 11.3 Å². The van der Waals surface area contributed by atoms with Crippen molar-refractivity contribution in [1.29, 1.82) is 0 Å². The number of halogens is 3. The van der Waals surface area contributed by atoms with Crippen molar-refractivity contribution in [3.8, 4) is 0 Å². The van der Waals surface area contributed by atoms with Gasteiger partial charge < -0.3 is 5.32 Å². The van der Waals surface area contributed by atoms with Gasteiger partial charge in [-0.05, 0) is 66.4 Å². The molecule has 0 bridgehead atoms. The second-order valence-corrected chi connectivity index (χ2v) is 6.63. The van der Waals surface area contributed by atoms with Crippen LogP contribution in [0.1, 0.15) is 5.56 Å². The minimum atomic E-state index is 0.836. The van der Waals surface area contributed by atoms with Crippen molar-refractivity contribution >= 4 is 64.8 Å². The second kappa shape index (κ2) is 5.67. The van der Waals surface area contributed by atoms with Gasteiger partial charge in [-0.25, -0.2) is 0 Å². The summed E-state index contributed by atoms with van der Waals surface area (Å²) in [6.07, 6.45) is 0. The molecule has 1 heterocycles. The number of anilines is 1. The van der Waals surface area contributed by atoms with Gasteiger partial charge in [0.05, 0.1) is 5.69 Å². The monoisotopic (exact) mass is 423 g/mol. The lowest BCUT2D eigenvalue weighted by molar-refractivity contribution is 1.15. The highest BCUT2D eigenvalue weighted by Crippen LogP contribution is 2.34.